The summed E-state index contributed by atoms with van der Waals surface area (Å²) in [5.41, 5.74) is 0.554. The first-order valence-corrected chi connectivity index (χ1v) is 12.9. The van der Waals surface area contributed by atoms with E-state index >= 15 is 0 Å². The quantitative estimate of drug-likeness (QED) is 0.290. The smallest absolute Gasteiger partial charge is 0.408 e. The van der Waals surface area contributed by atoms with Gasteiger partial charge < -0.3 is 39.6 Å². The molecule has 2 unspecified atom stereocenters. The summed E-state index contributed by atoms with van der Waals surface area (Å²) in [5.74, 6) is -1.14. The molecule has 41 heavy (non-hydrogen) atoms. The van der Waals surface area contributed by atoms with Gasteiger partial charge in [0.25, 0.3) is 0 Å². The molecule has 12 nitrogen and oxygen atoms in total. The Labute approximate surface area is 240 Å². The maximum Gasteiger partial charge on any atom is 0.408 e. The van der Waals surface area contributed by atoms with Crippen LogP contribution >= 0.6 is 0 Å². The topological polar surface area (TPSA) is 151 Å². The summed E-state index contributed by atoms with van der Waals surface area (Å²) < 4.78 is 26.3. The molecule has 0 spiro atoms. The number of benzene rings is 2. The number of carbonyl (C=O) groups excluding carboxylic acids is 4. The van der Waals surface area contributed by atoms with Crippen LogP contribution in [0.2, 0.25) is 0 Å². The molecule has 0 aromatic heterocycles. The monoisotopic (exact) mass is 573 g/mol. The summed E-state index contributed by atoms with van der Waals surface area (Å²) in [6.07, 6.45) is -1.41. The van der Waals surface area contributed by atoms with Gasteiger partial charge in [-0.05, 0) is 32.4 Å². The van der Waals surface area contributed by atoms with E-state index in [0.29, 0.717) is 17.1 Å². The number of esters is 1. The van der Waals surface area contributed by atoms with Gasteiger partial charge >= 0.3 is 12.1 Å². The van der Waals surface area contributed by atoms with Crippen LogP contribution in [0.25, 0.3) is 0 Å². The van der Waals surface area contributed by atoms with Crippen LogP contribution in [-0.2, 0) is 41.7 Å². The van der Waals surface area contributed by atoms with Crippen molar-refractivity contribution in [3.8, 4) is 11.5 Å². The molecular formula is C29H39N3O9. The molecule has 3 N–H and O–H groups in total. The molecule has 0 saturated heterocycles. The SMILES string of the molecule is COCC(NC(=O)C(CC(=O)OCc1ccccc1)NC(=O)OC(C)(C)C)C(=O)NCc1cccc(OC)c1OC. The van der Waals surface area contributed by atoms with Gasteiger partial charge in [0.1, 0.15) is 24.3 Å². The summed E-state index contributed by atoms with van der Waals surface area (Å²) in [6, 6.07) is 11.7. The second kappa shape index (κ2) is 16.1. The summed E-state index contributed by atoms with van der Waals surface area (Å²) in [4.78, 5) is 51.3. The van der Waals surface area contributed by atoms with Crippen molar-refractivity contribution in [1.82, 2.24) is 16.0 Å². The van der Waals surface area contributed by atoms with Crippen molar-refractivity contribution < 1.29 is 42.9 Å². The van der Waals surface area contributed by atoms with Crippen LogP contribution in [0.1, 0.15) is 38.3 Å². The minimum atomic E-state index is -1.39. The van der Waals surface area contributed by atoms with Crippen molar-refractivity contribution in [3.05, 3.63) is 59.7 Å². The molecule has 0 radical (unpaired) electrons. The number of rotatable bonds is 14. The third-order valence-corrected chi connectivity index (χ3v) is 5.52. The van der Waals surface area contributed by atoms with Crippen LogP contribution in [-0.4, -0.2) is 69.5 Å². The van der Waals surface area contributed by atoms with E-state index in [0.717, 1.165) is 5.56 Å². The van der Waals surface area contributed by atoms with E-state index in [-0.39, 0.29) is 19.8 Å². The number of hydrogen-bond donors (Lipinski definition) is 3. The predicted molar refractivity (Wildman–Crippen MR) is 149 cm³/mol. The molecule has 2 aromatic rings. The van der Waals surface area contributed by atoms with E-state index in [4.69, 9.17) is 23.7 Å². The second-order valence-corrected chi connectivity index (χ2v) is 9.94. The van der Waals surface area contributed by atoms with Crippen LogP contribution in [0.5, 0.6) is 11.5 Å². The van der Waals surface area contributed by atoms with E-state index in [1.165, 1.54) is 21.3 Å². The molecule has 2 rings (SSSR count). The van der Waals surface area contributed by atoms with Gasteiger partial charge in [-0.1, -0.05) is 42.5 Å². The molecule has 224 valence electrons. The van der Waals surface area contributed by atoms with Gasteiger partial charge in [-0.15, -0.1) is 0 Å². The molecule has 12 heteroatoms. The fraction of sp³-hybridized carbons (Fsp3) is 0.448. The Morgan fingerprint density at radius 3 is 2.15 bits per heavy atom. The highest BCUT2D eigenvalue weighted by molar-refractivity contribution is 5.93. The van der Waals surface area contributed by atoms with Gasteiger partial charge in [0.2, 0.25) is 11.8 Å². The van der Waals surface area contributed by atoms with Crippen molar-refractivity contribution in [2.45, 2.75) is 58.0 Å². The third-order valence-electron chi connectivity index (χ3n) is 5.52. The van der Waals surface area contributed by atoms with Gasteiger partial charge in [0.05, 0.1) is 27.2 Å². The standard InChI is InChI=1S/C29H39N3O9/c1-29(2,3)41-28(36)32-21(15-24(33)40-17-19-11-8-7-9-12-19)27(35)31-22(18-37-4)26(34)30-16-20-13-10-14-23(38-5)25(20)39-6/h7-14,21-22H,15-18H2,1-6H3,(H,30,34)(H,31,35)(H,32,36). The lowest BCUT2D eigenvalue weighted by Crippen LogP contribution is -2.56. The fourth-order valence-electron chi connectivity index (χ4n) is 3.64. The van der Waals surface area contributed by atoms with Gasteiger partial charge in [-0.2, -0.15) is 0 Å². The van der Waals surface area contributed by atoms with Crippen molar-refractivity contribution in [2.75, 3.05) is 27.9 Å². The molecule has 2 atom stereocenters. The average Bonchev–Trinajstić information content (AvgIpc) is 2.93. The largest absolute Gasteiger partial charge is 0.493 e. The van der Waals surface area contributed by atoms with Crippen LogP contribution in [0.15, 0.2) is 48.5 Å². The van der Waals surface area contributed by atoms with E-state index in [1.54, 1.807) is 63.2 Å². The Balaban J connectivity index is 2.12. The lowest BCUT2D eigenvalue weighted by Gasteiger charge is -2.25. The highest BCUT2D eigenvalue weighted by atomic mass is 16.6. The number of para-hydroxylation sites is 1. The Morgan fingerprint density at radius 1 is 0.829 bits per heavy atom. The molecule has 3 amide bonds. The Kier molecular flexibility index (Phi) is 12.9. The van der Waals surface area contributed by atoms with Crippen LogP contribution < -0.4 is 25.4 Å². The minimum absolute atomic E-state index is 0.0110. The highest BCUT2D eigenvalue weighted by Gasteiger charge is 2.30. The van der Waals surface area contributed by atoms with Crippen molar-refractivity contribution in [3.63, 3.8) is 0 Å². The average molecular weight is 574 g/mol. The minimum Gasteiger partial charge on any atom is -0.493 e. The summed E-state index contributed by atoms with van der Waals surface area (Å²) >= 11 is 0. The lowest BCUT2D eigenvalue weighted by molar-refractivity contribution is -0.147. The zero-order valence-electron chi connectivity index (χ0n) is 24.3. The van der Waals surface area contributed by atoms with E-state index in [2.05, 4.69) is 16.0 Å². The zero-order chi connectivity index (χ0) is 30.4. The Morgan fingerprint density at radius 2 is 1.54 bits per heavy atom. The first kappa shape index (κ1) is 32.9. The molecule has 0 aliphatic heterocycles. The molecule has 0 fully saturated rings. The first-order chi connectivity index (χ1) is 19.5. The molecule has 0 heterocycles. The normalized spacial score (nSPS) is 12.3. The van der Waals surface area contributed by atoms with E-state index in [9.17, 15) is 19.2 Å². The van der Waals surface area contributed by atoms with E-state index < -0.39 is 48.0 Å². The number of amides is 3. The number of hydrogen-bond acceptors (Lipinski definition) is 9. The molecule has 0 saturated carbocycles. The number of methoxy groups -OCH3 is 3. The Hall–Kier alpha value is -4.32. The summed E-state index contributed by atoms with van der Waals surface area (Å²) in [5, 5.41) is 7.67. The molecular weight excluding hydrogens is 534 g/mol. The van der Waals surface area contributed by atoms with Crippen LogP contribution in [0.4, 0.5) is 4.79 Å². The molecule has 0 bridgehead atoms. The molecule has 0 aliphatic rings. The number of ether oxygens (including phenoxy) is 5. The highest BCUT2D eigenvalue weighted by Crippen LogP contribution is 2.30. The van der Waals surface area contributed by atoms with Gasteiger partial charge in [0, 0.05) is 19.2 Å². The van der Waals surface area contributed by atoms with Crippen molar-refractivity contribution >= 4 is 23.9 Å². The summed E-state index contributed by atoms with van der Waals surface area (Å²) in [7, 11) is 4.36. The maximum atomic E-state index is 13.2. The summed E-state index contributed by atoms with van der Waals surface area (Å²) in [6.45, 7) is 4.86. The number of carbonyl (C=O) groups is 4. The maximum absolute atomic E-state index is 13.2. The second-order valence-electron chi connectivity index (χ2n) is 9.94. The number of nitrogens with one attached hydrogen (secondary N) is 3. The Bertz CT molecular complexity index is 1170. The third kappa shape index (κ3) is 11.4. The predicted octanol–water partition coefficient (Wildman–Crippen LogP) is 2.48. The van der Waals surface area contributed by atoms with Gasteiger partial charge in [-0.25, -0.2) is 4.79 Å². The van der Waals surface area contributed by atoms with E-state index in [1.807, 2.05) is 6.07 Å². The van der Waals surface area contributed by atoms with Crippen molar-refractivity contribution in [2.24, 2.45) is 0 Å². The van der Waals surface area contributed by atoms with Gasteiger partial charge in [-0.3, -0.25) is 14.4 Å². The lowest BCUT2D eigenvalue weighted by atomic mass is 10.1. The van der Waals surface area contributed by atoms with Gasteiger partial charge in [0.15, 0.2) is 11.5 Å². The molecule has 0 aliphatic carbocycles. The first-order valence-electron chi connectivity index (χ1n) is 12.9. The van der Waals surface area contributed by atoms with Crippen LogP contribution in [0.3, 0.4) is 0 Å². The number of alkyl carbamates (subject to hydrolysis) is 1. The van der Waals surface area contributed by atoms with Crippen LogP contribution in [0, 0.1) is 0 Å². The molecule has 2 aromatic carbocycles. The van der Waals surface area contributed by atoms with Crippen molar-refractivity contribution in [1.29, 1.82) is 0 Å². The zero-order valence-corrected chi connectivity index (χ0v) is 24.3. The fourth-order valence-corrected chi connectivity index (χ4v) is 3.64.